The molecule has 2 N–H and O–H groups in total. The standard InChI is InChI=1S/C19H15ClN4O5S2/c20-12-1-6-16-15(9-12)24(11-18(26)29-16)10-17(25)22-13-2-4-14(5-3-13)31(27,28)23-19-21-7-8-30-19/h1-9H,10-11H2,(H,21,23)(H,22,25). The highest BCUT2D eigenvalue weighted by molar-refractivity contribution is 7.93. The average Bonchev–Trinajstić information content (AvgIpc) is 3.21. The van der Waals surface area contributed by atoms with Gasteiger partial charge in [0.1, 0.15) is 6.54 Å². The number of carbonyl (C=O) groups is 2. The van der Waals surface area contributed by atoms with E-state index in [-0.39, 0.29) is 23.1 Å². The van der Waals surface area contributed by atoms with Crippen LogP contribution in [-0.2, 0) is 19.6 Å². The molecule has 0 saturated carbocycles. The zero-order valence-electron chi connectivity index (χ0n) is 15.7. The van der Waals surface area contributed by atoms with E-state index in [2.05, 4.69) is 15.0 Å². The Labute approximate surface area is 186 Å². The SMILES string of the molecule is O=C(CN1CC(=O)Oc2ccc(Cl)cc21)Nc1ccc(S(=O)(=O)Nc2nccs2)cc1. The van der Waals surface area contributed by atoms with Gasteiger partial charge < -0.3 is 15.0 Å². The maximum absolute atomic E-state index is 12.5. The van der Waals surface area contributed by atoms with Gasteiger partial charge in [0.05, 0.1) is 17.1 Å². The summed E-state index contributed by atoms with van der Waals surface area (Å²) < 4.78 is 32.3. The number of aromatic nitrogens is 1. The number of nitrogens with one attached hydrogen (secondary N) is 2. The van der Waals surface area contributed by atoms with Gasteiger partial charge >= 0.3 is 5.97 Å². The summed E-state index contributed by atoms with van der Waals surface area (Å²) >= 11 is 7.18. The van der Waals surface area contributed by atoms with Crippen LogP contribution < -0.4 is 19.7 Å². The molecule has 0 bridgehead atoms. The minimum absolute atomic E-state index is 0.0306. The largest absolute Gasteiger partial charge is 0.423 e. The molecule has 1 aliphatic rings. The lowest BCUT2D eigenvalue weighted by Crippen LogP contribution is -2.41. The Morgan fingerprint density at radius 2 is 2.00 bits per heavy atom. The summed E-state index contributed by atoms with van der Waals surface area (Å²) in [6.45, 7) is -0.214. The summed E-state index contributed by atoms with van der Waals surface area (Å²) in [5.74, 6) is -0.544. The third-order valence-corrected chi connectivity index (χ3v) is 6.65. The van der Waals surface area contributed by atoms with Gasteiger partial charge in [0.15, 0.2) is 10.9 Å². The van der Waals surface area contributed by atoms with Crippen molar-refractivity contribution in [2.24, 2.45) is 0 Å². The van der Waals surface area contributed by atoms with Gasteiger partial charge in [0.2, 0.25) is 5.91 Å². The van der Waals surface area contributed by atoms with Crippen molar-refractivity contribution in [2.75, 3.05) is 28.0 Å². The van der Waals surface area contributed by atoms with Crippen molar-refractivity contribution < 1.29 is 22.7 Å². The van der Waals surface area contributed by atoms with E-state index >= 15 is 0 Å². The van der Waals surface area contributed by atoms with Gasteiger partial charge in [0, 0.05) is 22.3 Å². The second-order valence-electron chi connectivity index (χ2n) is 6.46. The monoisotopic (exact) mass is 478 g/mol. The summed E-state index contributed by atoms with van der Waals surface area (Å²) in [4.78, 5) is 29.8. The summed E-state index contributed by atoms with van der Waals surface area (Å²) in [6, 6.07) is 10.5. The van der Waals surface area contributed by atoms with Gasteiger partial charge in [-0.15, -0.1) is 11.3 Å². The van der Waals surface area contributed by atoms with Crippen LogP contribution in [0.15, 0.2) is 58.9 Å². The summed E-state index contributed by atoms with van der Waals surface area (Å²) in [5.41, 5.74) is 0.945. The summed E-state index contributed by atoms with van der Waals surface area (Å²) in [5, 5.41) is 5.05. The smallest absolute Gasteiger partial charge is 0.331 e. The number of thiazole rings is 1. The predicted molar refractivity (Wildman–Crippen MR) is 117 cm³/mol. The topological polar surface area (TPSA) is 118 Å². The molecular formula is C19H15ClN4O5S2. The van der Waals surface area contributed by atoms with Crippen molar-refractivity contribution in [3.63, 3.8) is 0 Å². The van der Waals surface area contributed by atoms with E-state index in [0.29, 0.717) is 22.1 Å². The van der Waals surface area contributed by atoms with E-state index in [9.17, 15) is 18.0 Å². The van der Waals surface area contributed by atoms with Crippen molar-refractivity contribution in [3.8, 4) is 5.75 Å². The van der Waals surface area contributed by atoms with Crippen molar-refractivity contribution in [1.82, 2.24) is 4.98 Å². The molecule has 4 rings (SSSR count). The Bertz CT molecular complexity index is 1230. The zero-order valence-corrected chi connectivity index (χ0v) is 18.1. The number of ether oxygens (including phenoxy) is 1. The number of anilines is 3. The van der Waals surface area contributed by atoms with E-state index in [4.69, 9.17) is 16.3 Å². The quantitative estimate of drug-likeness (QED) is 0.413. The first-order valence-corrected chi connectivity index (χ1v) is 11.6. The number of hydrogen-bond acceptors (Lipinski definition) is 8. The molecule has 0 atom stereocenters. The Morgan fingerprint density at radius 3 is 2.71 bits per heavy atom. The molecule has 9 nitrogen and oxygen atoms in total. The summed E-state index contributed by atoms with van der Waals surface area (Å²) in [7, 11) is -3.78. The van der Waals surface area contributed by atoms with Crippen LogP contribution >= 0.6 is 22.9 Å². The van der Waals surface area contributed by atoms with E-state index < -0.39 is 21.9 Å². The predicted octanol–water partition coefficient (Wildman–Crippen LogP) is 2.96. The fourth-order valence-electron chi connectivity index (χ4n) is 2.90. The first kappa shape index (κ1) is 21.1. The number of amides is 1. The van der Waals surface area contributed by atoms with E-state index in [1.165, 1.54) is 30.5 Å². The highest BCUT2D eigenvalue weighted by Gasteiger charge is 2.26. The van der Waals surface area contributed by atoms with Crippen LogP contribution in [0.25, 0.3) is 0 Å². The van der Waals surface area contributed by atoms with Crippen LogP contribution in [0.4, 0.5) is 16.5 Å². The van der Waals surface area contributed by atoms with E-state index in [1.807, 2.05) is 0 Å². The molecule has 3 aromatic rings. The molecule has 2 aromatic carbocycles. The third kappa shape index (κ3) is 4.95. The maximum Gasteiger partial charge on any atom is 0.331 e. The highest BCUT2D eigenvalue weighted by Crippen LogP contribution is 2.34. The van der Waals surface area contributed by atoms with Gasteiger partial charge in [-0.3, -0.25) is 9.52 Å². The first-order chi connectivity index (χ1) is 14.8. The van der Waals surface area contributed by atoms with Crippen molar-refractivity contribution in [1.29, 1.82) is 0 Å². The molecule has 0 aliphatic carbocycles. The lowest BCUT2D eigenvalue weighted by molar-refractivity contribution is -0.133. The minimum Gasteiger partial charge on any atom is -0.423 e. The Hall–Kier alpha value is -3.15. The molecule has 0 saturated heterocycles. The van der Waals surface area contributed by atoms with Gasteiger partial charge in [-0.25, -0.2) is 18.2 Å². The molecule has 1 amide bonds. The van der Waals surface area contributed by atoms with Gasteiger partial charge in [-0.2, -0.15) is 0 Å². The van der Waals surface area contributed by atoms with Gasteiger partial charge in [-0.1, -0.05) is 11.6 Å². The molecule has 0 spiro atoms. The first-order valence-electron chi connectivity index (χ1n) is 8.87. The second kappa shape index (κ2) is 8.53. The number of hydrogen-bond donors (Lipinski definition) is 2. The van der Waals surface area contributed by atoms with E-state index in [0.717, 1.165) is 11.3 Å². The Kier molecular flexibility index (Phi) is 5.81. The number of benzene rings is 2. The lowest BCUT2D eigenvalue weighted by Gasteiger charge is -2.29. The Morgan fingerprint density at radius 1 is 1.23 bits per heavy atom. The summed E-state index contributed by atoms with van der Waals surface area (Å²) in [6.07, 6.45) is 1.50. The number of rotatable bonds is 6. The number of esters is 1. The minimum atomic E-state index is -3.78. The normalized spacial score (nSPS) is 13.3. The number of halogens is 1. The van der Waals surface area contributed by atoms with Crippen LogP contribution in [-0.4, -0.2) is 38.4 Å². The molecule has 2 heterocycles. The molecule has 1 aromatic heterocycles. The molecule has 0 fully saturated rings. The van der Waals surface area contributed by atoms with Crippen molar-refractivity contribution in [3.05, 3.63) is 59.1 Å². The molecule has 12 heteroatoms. The van der Waals surface area contributed by atoms with Crippen molar-refractivity contribution >= 4 is 61.3 Å². The number of fused-ring (bicyclic) bond motifs is 1. The van der Waals surface area contributed by atoms with Crippen LogP contribution in [0, 0.1) is 0 Å². The maximum atomic E-state index is 12.5. The molecule has 31 heavy (non-hydrogen) atoms. The lowest BCUT2D eigenvalue weighted by atomic mass is 10.2. The average molecular weight is 479 g/mol. The molecule has 0 radical (unpaired) electrons. The van der Waals surface area contributed by atoms with Crippen LogP contribution in [0.1, 0.15) is 0 Å². The molecule has 1 aliphatic heterocycles. The van der Waals surface area contributed by atoms with Crippen LogP contribution in [0.5, 0.6) is 5.75 Å². The van der Waals surface area contributed by atoms with Gasteiger partial charge in [0.25, 0.3) is 10.0 Å². The number of nitrogens with zero attached hydrogens (tertiary/aromatic N) is 2. The third-order valence-electron chi connectivity index (χ3n) is 4.24. The zero-order chi connectivity index (χ0) is 22.0. The molecular weight excluding hydrogens is 464 g/mol. The van der Waals surface area contributed by atoms with Crippen LogP contribution in [0.3, 0.4) is 0 Å². The number of sulfonamides is 1. The second-order valence-corrected chi connectivity index (χ2v) is 9.47. The fourth-order valence-corrected chi connectivity index (χ4v) is 4.86. The molecule has 0 unspecified atom stereocenters. The highest BCUT2D eigenvalue weighted by atomic mass is 35.5. The van der Waals surface area contributed by atoms with Crippen LogP contribution in [0.2, 0.25) is 5.02 Å². The van der Waals surface area contributed by atoms with Crippen molar-refractivity contribution in [2.45, 2.75) is 4.90 Å². The molecule has 160 valence electrons. The van der Waals surface area contributed by atoms with E-state index in [1.54, 1.807) is 28.5 Å². The number of carbonyl (C=O) groups excluding carboxylic acids is 2. The fraction of sp³-hybridized carbons (Fsp3) is 0.105. The van der Waals surface area contributed by atoms with Gasteiger partial charge in [-0.05, 0) is 42.5 Å². The Balaban J connectivity index is 1.43.